The van der Waals surface area contributed by atoms with E-state index in [1.54, 1.807) is 6.92 Å². The summed E-state index contributed by atoms with van der Waals surface area (Å²) in [5.74, 6) is -0.326. The monoisotopic (exact) mass is 317 g/mol. The van der Waals surface area contributed by atoms with Gasteiger partial charge in [-0.25, -0.2) is 4.79 Å². The molecule has 3 amide bonds. The highest BCUT2D eigenvalue weighted by atomic mass is 35.5. The third-order valence-corrected chi connectivity index (χ3v) is 3.95. The molecule has 1 rings (SSSR count). The zero-order valence-corrected chi connectivity index (χ0v) is 13.6. The van der Waals surface area contributed by atoms with E-state index in [0.29, 0.717) is 6.54 Å². The molecule has 0 aliphatic carbocycles. The summed E-state index contributed by atoms with van der Waals surface area (Å²) < 4.78 is 0.724. The van der Waals surface area contributed by atoms with Crippen LogP contribution in [0.5, 0.6) is 0 Å². The van der Waals surface area contributed by atoms with Crippen LogP contribution in [0.15, 0.2) is 12.1 Å². The Morgan fingerprint density at radius 2 is 2.00 bits per heavy atom. The van der Waals surface area contributed by atoms with Crippen molar-refractivity contribution in [1.29, 1.82) is 0 Å². The van der Waals surface area contributed by atoms with Crippen LogP contribution in [-0.4, -0.2) is 36.0 Å². The van der Waals surface area contributed by atoms with E-state index in [-0.39, 0.29) is 11.9 Å². The molecular weight excluding hydrogens is 298 g/mol. The number of imide groups is 1. The van der Waals surface area contributed by atoms with E-state index in [9.17, 15) is 9.59 Å². The average molecular weight is 318 g/mol. The van der Waals surface area contributed by atoms with Gasteiger partial charge in [-0.05, 0) is 40.0 Å². The maximum absolute atomic E-state index is 11.9. The second kappa shape index (κ2) is 7.61. The van der Waals surface area contributed by atoms with Crippen molar-refractivity contribution >= 4 is 34.9 Å². The van der Waals surface area contributed by atoms with E-state index in [0.717, 1.165) is 9.21 Å². The number of likely N-dealkylation sites (N-methyl/N-ethyl adjacent to an activating group) is 1. The lowest BCUT2D eigenvalue weighted by atomic mass is 10.2. The summed E-state index contributed by atoms with van der Waals surface area (Å²) in [5, 5.41) is 4.95. The molecule has 112 valence electrons. The lowest BCUT2D eigenvalue weighted by Crippen LogP contribution is -2.49. The van der Waals surface area contributed by atoms with Crippen LogP contribution in [0.1, 0.15) is 25.6 Å². The molecule has 1 aromatic heterocycles. The SMILES string of the molecule is CC(C)NC(=O)NC(=O)C(C)N(C)Cc1ccc(Cl)s1. The summed E-state index contributed by atoms with van der Waals surface area (Å²) in [7, 11) is 1.83. The Hall–Kier alpha value is -1.11. The predicted octanol–water partition coefficient (Wildman–Crippen LogP) is 2.46. The highest BCUT2D eigenvalue weighted by Crippen LogP contribution is 2.22. The number of amides is 3. The minimum Gasteiger partial charge on any atom is -0.336 e. The number of halogens is 1. The molecule has 0 saturated carbocycles. The fraction of sp³-hybridized carbons (Fsp3) is 0.538. The van der Waals surface area contributed by atoms with Crippen LogP contribution in [0.4, 0.5) is 4.79 Å². The van der Waals surface area contributed by atoms with Crippen LogP contribution in [0, 0.1) is 0 Å². The zero-order chi connectivity index (χ0) is 15.3. The average Bonchev–Trinajstić information content (AvgIpc) is 2.72. The van der Waals surface area contributed by atoms with E-state index >= 15 is 0 Å². The number of rotatable bonds is 5. The minimum atomic E-state index is -0.468. The molecule has 1 atom stereocenters. The molecule has 1 unspecified atom stereocenters. The molecule has 0 spiro atoms. The van der Waals surface area contributed by atoms with Crippen LogP contribution in [0.3, 0.4) is 0 Å². The van der Waals surface area contributed by atoms with Crippen molar-refractivity contribution in [1.82, 2.24) is 15.5 Å². The van der Waals surface area contributed by atoms with Crippen LogP contribution >= 0.6 is 22.9 Å². The summed E-state index contributed by atoms with van der Waals surface area (Å²) in [6.45, 7) is 6.03. The maximum atomic E-state index is 11.9. The molecule has 2 N–H and O–H groups in total. The number of urea groups is 1. The van der Waals surface area contributed by atoms with Gasteiger partial charge in [0, 0.05) is 17.5 Å². The Balaban J connectivity index is 2.49. The standard InChI is InChI=1S/C13H20ClN3O2S/c1-8(2)15-13(19)16-12(18)9(3)17(4)7-10-5-6-11(14)20-10/h5-6,8-9H,7H2,1-4H3,(H2,15,16,18,19). The van der Waals surface area contributed by atoms with Crippen LogP contribution < -0.4 is 10.6 Å². The van der Waals surface area contributed by atoms with Crippen LogP contribution in [-0.2, 0) is 11.3 Å². The second-order valence-corrected chi connectivity index (χ2v) is 6.71. The second-order valence-electron chi connectivity index (χ2n) is 4.91. The molecule has 5 nitrogen and oxygen atoms in total. The highest BCUT2D eigenvalue weighted by molar-refractivity contribution is 7.16. The largest absolute Gasteiger partial charge is 0.336 e. The van der Waals surface area contributed by atoms with Crippen LogP contribution in [0.2, 0.25) is 4.34 Å². The van der Waals surface area contributed by atoms with Crippen molar-refractivity contribution < 1.29 is 9.59 Å². The Morgan fingerprint density at radius 1 is 1.35 bits per heavy atom. The van der Waals surface area contributed by atoms with Gasteiger partial charge in [0.25, 0.3) is 0 Å². The summed E-state index contributed by atoms with van der Waals surface area (Å²) in [5.41, 5.74) is 0. The minimum absolute atomic E-state index is 0.0101. The Bertz CT molecular complexity index is 476. The van der Waals surface area contributed by atoms with Gasteiger partial charge in [0.1, 0.15) is 0 Å². The van der Waals surface area contributed by atoms with Crippen molar-refractivity contribution in [3.8, 4) is 0 Å². The smallest absolute Gasteiger partial charge is 0.321 e. The summed E-state index contributed by atoms with van der Waals surface area (Å²) in [6, 6.07) is 2.87. The molecule has 20 heavy (non-hydrogen) atoms. The van der Waals surface area contributed by atoms with Crippen LogP contribution in [0.25, 0.3) is 0 Å². The number of hydrogen-bond donors (Lipinski definition) is 2. The van der Waals surface area contributed by atoms with Gasteiger partial charge in [-0.2, -0.15) is 0 Å². The van der Waals surface area contributed by atoms with E-state index in [1.807, 2.05) is 37.9 Å². The van der Waals surface area contributed by atoms with Gasteiger partial charge >= 0.3 is 6.03 Å². The van der Waals surface area contributed by atoms with Crippen molar-refractivity contribution in [3.63, 3.8) is 0 Å². The maximum Gasteiger partial charge on any atom is 0.321 e. The van der Waals surface area contributed by atoms with Gasteiger partial charge in [0.15, 0.2) is 0 Å². The first-order chi connectivity index (χ1) is 9.29. The highest BCUT2D eigenvalue weighted by Gasteiger charge is 2.20. The Morgan fingerprint density at radius 3 is 2.50 bits per heavy atom. The lowest BCUT2D eigenvalue weighted by Gasteiger charge is -2.23. The van der Waals surface area contributed by atoms with Crippen molar-refractivity contribution in [2.75, 3.05) is 7.05 Å². The predicted molar refractivity (Wildman–Crippen MR) is 82.1 cm³/mol. The molecule has 1 aromatic rings. The van der Waals surface area contributed by atoms with Crippen molar-refractivity contribution in [2.45, 2.75) is 39.4 Å². The van der Waals surface area contributed by atoms with Crippen molar-refractivity contribution in [3.05, 3.63) is 21.3 Å². The molecule has 0 aliphatic heterocycles. The number of carbonyl (C=O) groups is 2. The topological polar surface area (TPSA) is 61.4 Å². The molecule has 7 heteroatoms. The fourth-order valence-electron chi connectivity index (χ4n) is 1.53. The van der Waals surface area contributed by atoms with Gasteiger partial charge < -0.3 is 5.32 Å². The van der Waals surface area contributed by atoms with Gasteiger partial charge in [0.05, 0.1) is 10.4 Å². The lowest BCUT2D eigenvalue weighted by molar-refractivity contribution is -0.124. The molecule has 0 aromatic carbocycles. The molecule has 1 heterocycles. The summed E-state index contributed by atoms with van der Waals surface area (Å²) >= 11 is 7.35. The number of thiophene rings is 1. The number of nitrogens with zero attached hydrogens (tertiary/aromatic N) is 1. The molecule has 0 fully saturated rings. The normalized spacial score (nSPS) is 12.6. The Labute approximate surface area is 128 Å². The van der Waals surface area contributed by atoms with E-state index in [1.165, 1.54) is 11.3 Å². The first-order valence-electron chi connectivity index (χ1n) is 6.35. The fourth-order valence-corrected chi connectivity index (χ4v) is 2.69. The zero-order valence-electron chi connectivity index (χ0n) is 12.1. The third kappa shape index (κ3) is 5.48. The first-order valence-corrected chi connectivity index (χ1v) is 7.55. The number of nitrogens with one attached hydrogen (secondary N) is 2. The van der Waals surface area contributed by atoms with Gasteiger partial charge in [0.2, 0.25) is 5.91 Å². The molecular formula is C13H20ClN3O2S. The summed E-state index contributed by atoms with van der Waals surface area (Å²) in [6.07, 6.45) is 0. The van der Waals surface area contributed by atoms with E-state index < -0.39 is 12.1 Å². The molecule has 0 bridgehead atoms. The quantitative estimate of drug-likeness (QED) is 0.877. The van der Waals surface area contributed by atoms with Gasteiger partial charge in [-0.1, -0.05) is 11.6 Å². The van der Waals surface area contributed by atoms with Gasteiger partial charge in [-0.3, -0.25) is 15.0 Å². The van der Waals surface area contributed by atoms with Crippen molar-refractivity contribution in [2.24, 2.45) is 0 Å². The third-order valence-electron chi connectivity index (χ3n) is 2.73. The molecule has 0 saturated heterocycles. The van der Waals surface area contributed by atoms with E-state index in [2.05, 4.69) is 10.6 Å². The van der Waals surface area contributed by atoms with E-state index in [4.69, 9.17) is 11.6 Å². The number of hydrogen-bond acceptors (Lipinski definition) is 4. The first kappa shape index (κ1) is 16.9. The molecule has 0 radical (unpaired) electrons. The van der Waals surface area contributed by atoms with Gasteiger partial charge in [-0.15, -0.1) is 11.3 Å². The molecule has 0 aliphatic rings. The number of carbonyl (C=O) groups excluding carboxylic acids is 2. The Kier molecular flexibility index (Phi) is 6.45. The summed E-state index contributed by atoms with van der Waals surface area (Å²) in [4.78, 5) is 26.3.